The number of hydrogen-bond acceptors (Lipinski definition) is 9. The van der Waals surface area contributed by atoms with Gasteiger partial charge in [-0.1, -0.05) is 29.3 Å². The second kappa shape index (κ2) is 10.1. The molecule has 1 heterocycles. The van der Waals surface area contributed by atoms with Crippen LogP contribution in [-0.4, -0.2) is 45.6 Å². The predicted octanol–water partition coefficient (Wildman–Crippen LogP) is 3.72. The van der Waals surface area contributed by atoms with E-state index in [1.165, 1.54) is 57.7 Å². The molecule has 0 bridgehead atoms. The highest BCUT2D eigenvalue weighted by atomic mass is 35.5. The van der Waals surface area contributed by atoms with Gasteiger partial charge in [0.15, 0.2) is 0 Å². The first-order valence-corrected chi connectivity index (χ1v) is 11.3. The molecule has 0 aliphatic rings. The van der Waals surface area contributed by atoms with Gasteiger partial charge in [0.1, 0.15) is 22.0 Å². The molecule has 1 N–H and O–H groups in total. The summed E-state index contributed by atoms with van der Waals surface area (Å²) in [5.41, 5.74) is -0.269. The minimum absolute atomic E-state index is 0.00722. The van der Waals surface area contributed by atoms with Crippen LogP contribution in [0.4, 0.5) is 0 Å². The summed E-state index contributed by atoms with van der Waals surface area (Å²) in [4.78, 5) is 20.7. The van der Waals surface area contributed by atoms with Crippen LogP contribution >= 0.6 is 23.2 Å². The summed E-state index contributed by atoms with van der Waals surface area (Å²) in [6, 6.07) is 9.44. The van der Waals surface area contributed by atoms with Gasteiger partial charge < -0.3 is 18.9 Å². The Morgan fingerprint density at radius 1 is 0.909 bits per heavy atom. The minimum Gasteiger partial charge on any atom is -0.495 e. The highest BCUT2D eigenvalue weighted by Crippen LogP contribution is 2.32. The van der Waals surface area contributed by atoms with E-state index >= 15 is 0 Å². The van der Waals surface area contributed by atoms with E-state index in [4.69, 9.17) is 42.1 Å². The molecule has 0 aliphatic carbocycles. The normalized spacial score (nSPS) is 10.9. The number of rotatable bonds is 8. The molecule has 0 atom stereocenters. The molecule has 174 valence electrons. The lowest BCUT2D eigenvalue weighted by molar-refractivity contribution is 0.0979. The van der Waals surface area contributed by atoms with Crippen LogP contribution in [0.3, 0.4) is 0 Å². The first-order chi connectivity index (χ1) is 15.7. The molecule has 3 rings (SSSR count). The number of nitrogens with one attached hydrogen (secondary N) is 1. The number of amides is 1. The fourth-order valence-corrected chi connectivity index (χ4v) is 4.28. The molecule has 10 nitrogen and oxygen atoms in total. The van der Waals surface area contributed by atoms with Crippen molar-refractivity contribution in [2.24, 2.45) is 0 Å². The zero-order valence-electron chi connectivity index (χ0n) is 17.5. The summed E-state index contributed by atoms with van der Waals surface area (Å²) in [7, 11) is -0.335. The van der Waals surface area contributed by atoms with Gasteiger partial charge >= 0.3 is 6.01 Å². The number of sulfonamides is 1. The Morgan fingerprint density at radius 3 is 2.18 bits per heavy atom. The Bertz CT molecular complexity index is 1280. The van der Waals surface area contributed by atoms with Gasteiger partial charge in [0, 0.05) is 5.02 Å². The third-order valence-corrected chi connectivity index (χ3v) is 6.03. The van der Waals surface area contributed by atoms with Crippen molar-refractivity contribution in [2.45, 2.75) is 4.90 Å². The lowest BCUT2D eigenvalue weighted by Gasteiger charge is -2.14. The van der Waals surface area contributed by atoms with Crippen molar-refractivity contribution < 1.29 is 32.2 Å². The number of hydrogen-bond donors (Lipinski definition) is 1. The van der Waals surface area contributed by atoms with E-state index in [0.29, 0.717) is 0 Å². The largest absolute Gasteiger partial charge is 0.495 e. The molecule has 13 heteroatoms. The van der Waals surface area contributed by atoms with Crippen LogP contribution in [0.25, 0.3) is 0 Å². The Kier molecular flexibility index (Phi) is 7.46. The standard InChI is InChI=1S/C20H17Cl2N3O7S/c1-29-13-8-7-11(21)9-15(13)33(27,28)25-19(26)18-12(22)5-4-6-14(18)32-20-23-16(30-2)10-17(24-20)31-3/h4-10H,1-3H3,(H,25,26). The van der Waals surface area contributed by atoms with Crippen molar-refractivity contribution in [2.75, 3.05) is 21.3 Å². The average molecular weight is 514 g/mol. The van der Waals surface area contributed by atoms with Crippen molar-refractivity contribution in [1.29, 1.82) is 0 Å². The first kappa shape index (κ1) is 24.4. The maximum absolute atomic E-state index is 13.0. The number of ether oxygens (including phenoxy) is 4. The molecular weight excluding hydrogens is 497 g/mol. The summed E-state index contributed by atoms with van der Waals surface area (Å²) in [5.74, 6) is -0.899. The maximum atomic E-state index is 13.0. The molecule has 0 unspecified atom stereocenters. The average Bonchev–Trinajstić information content (AvgIpc) is 2.78. The fraction of sp³-hybridized carbons (Fsp3) is 0.150. The molecule has 0 fully saturated rings. The molecule has 1 amide bonds. The van der Waals surface area contributed by atoms with Crippen LogP contribution in [0.15, 0.2) is 47.4 Å². The van der Waals surface area contributed by atoms with E-state index < -0.39 is 15.9 Å². The van der Waals surface area contributed by atoms with E-state index in [-0.39, 0.29) is 49.8 Å². The van der Waals surface area contributed by atoms with Gasteiger partial charge in [0.25, 0.3) is 15.9 Å². The van der Waals surface area contributed by atoms with Crippen LogP contribution in [-0.2, 0) is 10.0 Å². The summed E-state index contributed by atoms with van der Waals surface area (Å²) in [6.07, 6.45) is 0. The van der Waals surface area contributed by atoms with Crippen molar-refractivity contribution in [3.05, 3.63) is 58.1 Å². The lowest BCUT2D eigenvalue weighted by atomic mass is 10.2. The van der Waals surface area contributed by atoms with Crippen molar-refractivity contribution in [3.63, 3.8) is 0 Å². The van der Waals surface area contributed by atoms with E-state index in [0.717, 1.165) is 6.07 Å². The van der Waals surface area contributed by atoms with Gasteiger partial charge in [-0.2, -0.15) is 9.97 Å². The Balaban J connectivity index is 1.98. The fourth-order valence-electron chi connectivity index (χ4n) is 2.64. The first-order valence-electron chi connectivity index (χ1n) is 9.02. The van der Waals surface area contributed by atoms with Gasteiger partial charge in [-0.15, -0.1) is 0 Å². The van der Waals surface area contributed by atoms with Crippen LogP contribution in [0.2, 0.25) is 10.0 Å². The van der Waals surface area contributed by atoms with Crippen molar-refractivity contribution in [1.82, 2.24) is 14.7 Å². The molecule has 33 heavy (non-hydrogen) atoms. The molecule has 0 radical (unpaired) electrons. The zero-order chi connectivity index (χ0) is 24.2. The molecule has 0 aliphatic heterocycles. The number of halogens is 2. The van der Waals surface area contributed by atoms with Crippen molar-refractivity contribution in [3.8, 4) is 29.3 Å². The third-order valence-electron chi connectivity index (χ3n) is 4.12. The summed E-state index contributed by atoms with van der Waals surface area (Å²) in [6.45, 7) is 0. The van der Waals surface area contributed by atoms with Gasteiger partial charge in [-0.05, 0) is 30.3 Å². The molecule has 1 aromatic heterocycles. The molecular formula is C20H17Cl2N3O7S. The maximum Gasteiger partial charge on any atom is 0.328 e. The number of nitrogens with zero attached hydrogens (tertiary/aromatic N) is 2. The number of methoxy groups -OCH3 is 3. The number of carbonyl (C=O) groups is 1. The van der Waals surface area contributed by atoms with Crippen LogP contribution in [0.5, 0.6) is 29.3 Å². The molecule has 2 aromatic carbocycles. The van der Waals surface area contributed by atoms with Crippen LogP contribution in [0.1, 0.15) is 10.4 Å². The molecule has 0 saturated carbocycles. The SMILES string of the molecule is COc1cc(OC)nc(Oc2cccc(Cl)c2C(=O)NS(=O)(=O)c2cc(Cl)ccc2OC)n1. The quantitative estimate of drug-likeness (QED) is 0.479. The Hall–Kier alpha value is -3.28. The highest BCUT2D eigenvalue weighted by Gasteiger charge is 2.27. The lowest BCUT2D eigenvalue weighted by Crippen LogP contribution is -2.31. The van der Waals surface area contributed by atoms with Gasteiger partial charge in [0.2, 0.25) is 11.8 Å². The van der Waals surface area contributed by atoms with Crippen LogP contribution in [0, 0.1) is 0 Å². The topological polar surface area (TPSA) is 126 Å². The number of carbonyl (C=O) groups excluding carboxylic acids is 1. The Morgan fingerprint density at radius 2 is 1.58 bits per heavy atom. The van der Waals surface area contributed by atoms with E-state index in [1.54, 1.807) is 0 Å². The van der Waals surface area contributed by atoms with Gasteiger partial charge in [0.05, 0.1) is 32.4 Å². The summed E-state index contributed by atoms with van der Waals surface area (Å²) < 4.78 is 48.5. The molecule has 3 aromatic rings. The zero-order valence-corrected chi connectivity index (χ0v) is 19.8. The van der Waals surface area contributed by atoms with Gasteiger partial charge in [-0.3, -0.25) is 4.79 Å². The molecule has 0 spiro atoms. The predicted molar refractivity (Wildman–Crippen MR) is 119 cm³/mol. The van der Waals surface area contributed by atoms with Gasteiger partial charge in [-0.25, -0.2) is 13.1 Å². The summed E-state index contributed by atoms with van der Waals surface area (Å²) >= 11 is 12.1. The second-order valence-corrected chi connectivity index (χ2v) is 8.67. The highest BCUT2D eigenvalue weighted by molar-refractivity contribution is 7.90. The van der Waals surface area contributed by atoms with Crippen molar-refractivity contribution >= 4 is 39.1 Å². The Labute approximate surface area is 199 Å². The van der Waals surface area contributed by atoms with Crippen LogP contribution < -0.4 is 23.7 Å². The molecule has 0 saturated heterocycles. The number of benzene rings is 2. The monoisotopic (exact) mass is 513 g/mol. The smallest absolute Gasteiger partial charge is 0.328 e. The second-order valence-electron chi connectivity index (χ2n) is 6.18. The summed E-state index contributed by atoms with van der Waals surface area (Å²) in [5, 5.41) is 0.0580. The van der Waals surface area contributed by atoms with E-state index in [1.807, 2.05) is 4.72 Å². The van der Waals surface area contributed by atoms with E-state index in [2.05, 4.69) is 9.97 Å². The number of aromatic nitrogens is 2. The van der Waals surface area contributed by atoms with E-state index in [9.17, 15) is 13.2 Å². The minimum atomic E-state index is -4.40. The third kappa shape index (κ3) is 5.56.